The van der Waals surface area contributed by atoms with Gasteiger partial charge in [0.25, 0.3) is 6.43 Å². The Morgan fingerprint density at radius 1 is 1.41 bits per heavy atom. The standard InChI is InChI=1S/C15H20F2N2O3/c1-4-7-21-9-18-12-10(5-2)8-11(15(20)22-6-3)19-13(12)14(16)17/h8-9,14H,4-7H2,1-3H3. The van der Waals surface area contributed by atoms with Gasteiger partial charge in [0.1, 0.15) is 11.4 Å². The normalized spacial score (nSPS) is 11.2. The highest BCUT2D eigenvalue weighted by atomic mass is 19.3. The fourth-order valence-electron chi connectivity index (χ4n) is 1.75. The first-order valence-corrected chi connectivity index (χ1v) is 7.18. The third-order valence-electron chi connectivity index (χ3n) is 2.75. The van der Waals surface area contributed by atoms with Crippen LogP contribution < -0.4 is 0 Å². The smallest absolute Gasteiger partial charge is 0.356 e. The molecule has 0 aliphatic carbocycles. The molecule has 0 aliphatic rings. The van der Waals surface area contributed by atoms with Gasteiger partial charge in [-0.1, -0.05) is 13.8 Å². The lowest BCUT2D eigenvalue weighted by Crippen LogP contribution is -2.10. The van der Waals surface area contributed by atoms with Gasteiger partial charge in [-0.25, -0.2) is 23.6 Å². The van der Waals surface area contributed by atoms with Crippen molar-refractivity contribution in [2.45, 2.75) is 40.0 Å². The number of carbonyl (C=O) groups excluding carboxylic acids is 1. The molecule has 122 valence electrons. The summed E-state index contributed by atoms with van der Waals surface area (Å²) in [6.45, 7) is 5.94. The van der Waals surface area contributed by atoms with Gasteiger partial charge in [-0.3, -0.25) is 0 Å². The lowest BCUT2D eigenvalue weighted by Gasteiger charge is -2.11. The van der Waals surface area contributed by atoms with Crippen molar-refractivity contribution in [3.63, 3.8) is 0 Å². The number of esters is 1. The molecule has 0 radical (unpaired) electrons. The number of aromatic nitrogens is 1. The van der Waals surface area contributed by atoms with E-state index in [1.54, 1.807) is 13.8 Å². The Kier molecular flexibility index (Phi) is 7.42. The van der Waals surface area contributed by atoms with Crippen LogP contribution in [0.1, 0.15) is 55.4 Å². The quantitative estimate of drug-likeness (QED) is 0.316. The highest BCUT2D eigenvalue weighted by Gasteiger charge is 2.22. The maximum absolute atomic E-state index is 13.2. The summed E-state index contributed by atoms with van der Waals surface area (Å²) in [6, 6.07) is 1.43. The van der Waals surface area contributed by atoms with Crippen LogP contribution in [0, 0.1) is 0 Å². The largest absolute Gasteiger partial charge is 0.483 e. The second-order valence-electron chi connectivity index (χ2n) is 4.38. The van der Waals surface area contributed by atoms with Crippen molar-refractivity contribution in [1.29, 1.82) is 0 Å². The van der Waals surface area contributed by atoms with Gasteiger partial charge in [0, 0.05) is 0 Å². The Balaban J connectivity index is 3.23. The molecule has 1 aromatic heterocycles. The Bertz CT molecular complexity index is 534. The molecule has 0 spiro atoms. The highest BCUT2D eigenvalue weighted by molar-refractivity contribution is 5.88. The minimum absolute atomic E-state index is 0.0432. The predicted molar refractivity (Wildman–Crippen MR) is 78.9 cm³/mol. The van der Waals surface area contributed by atoms with Crippen molar-refractivity contribution in [2.75, 3.05) is 13.2 Å². The molecule has 0 atom stereocenters. The topological polar surface area (TPSA) is 60.8 Å². The molecule has 0 amide bonds. The SMILES string of the molecule is CCCOC=Nc1c(CC)cc(C(=O)OCC)nc1C(F)F. The summed E-state index contributed by atoms with van der Waals surface area (Å²) in [4.78, 5) is 19.4. The average Bonchev–Trinajstić information content (AvgIpc) is 2.51. The van der Waals surface area contributed by atoms with E-state index >= 15 is 0 Å². The van der Waals surface area contributed by atoms with Crippen molar-refractivity contribution >= 4 is 18.1 Å². The Hall–Kier alpha value is -2.05. The average molecular weight is 314 g/mol. The van der Waals surface area contributed by atoms with Crippen molar-refractivity contribution in [2.24, 2.45) is 4.99 Å². The Labute approximate surface area is 128 Å². The molecule has 0 bridgehead atoms. The maximum atomic E-state index is 13.2. The van der Waals surface area contributed by atoms with E-state index in [-0.39, 0.29) is 18.0 Å². The van der Waals surface area contributed by atoms with Gasteiger partial charge in [0.15, 0.2) is 6.40 Å². The Morgan fingerprint density at radius 2 is 2.14 bits per heavy atom. The molecule has 0 aromatic carbocycles. The van der Waals surface area contributed by atoms with Crippen molar-refractivity contribution in [1.82, 2.24) is 4.98 Å². The minimum Gasteiger partial charge on any atom is -0.483 e. The Morgan fingerprint density at radius 3 is 2.68 bits per heavy atom. The number of pyridine rings is 1. The van der Waals surface area contributed by atoms with E-state index in [1.165, 1.54) is 6.07 Å². The van der Waals surface area contributed by atoms with E-state index in [0.29, 0.717) is 18.6 Å². The third kappa shape index (κ3) is 4.75. The van der Waals surface area contributed by atoms with Gasteiger partial charge >= 0.3 is 5.97 Å². The minimum atomic E-state index is -2.85. The zero-order chi connectivity index (χ0) is 16.5. The van der Waals surface area contributed by atoms with Crippen molar-refractivity contribution in [3.8, 4) is 0 Å². The molecule has 0 saturated carbocycles. The number of halogens is 2. The van der Waals surface area contributed by atoms with Crippen molar-refractivity contribution in [3.05, 3.63) is 23.0 Å². The van der Waals surface area contributed by atoms with E-state index in [1.807, 2.05) is 6.92 Å². The molecule has 0 unspecified atom stereocenters. The van der Waals surface area contributed by atoms with Crippen LogP contribution in [0.5, 0.6) is 0 Å². The summed E-state index contributed by atoms with van der Waals surface area (Å²) < 4.78 is 36.3. The predicted octanol–water partition coefficient (Wildman–Crippen LogP) is 3.84. The van der Waals surface area contributed by atoms with Crippen LogP contribution in [-0.4, -0.2) is 30.6 Å². The zero-order valence-electron chi connectivity index (χ0n) is 12.9. The molecule has 0 saturated heterocycles. The summed E-state index contributed by atoms with van der Waals surface area (Å²) in [5.41, 5.74) is -0.146. The molecule has 0 N–H and O–H groups in total. The van der Waals surface area contributed by atoms with Crippen LogP contribution in [0.2, 0.25) is 0 Å². The first-order chi connectivity index (χ1) is 10.5. The van der Waals surface area contributed by atoms with Gasteiger partial charge in [0.05, 0.1) is 18.9 Å². The number of aryl methyl sites for hydroxylation is 1. The number of ether oxygens (including phenoxy) is 2. The van der Waals surface area contributed by atoms with Gasteiger partial charge in [-0.05, 0) is 31.4 Å². The summed E-state index contributed by atoms with van der Waals surface area (Å²) in [7, 11) is 0. The fourth-order valence-corrected chi connectivity index (χ4v) is 1.75. The van der Waals surface area contributed by atoms with Gasteiger partial charge in [0.2, 0.25) is 0 Å². The van der Waals surface area contributed by atoms with Crippen molar-refractivity contribution < 1.29 is 23.0 Å². The van der Waals surface area contributed by atoms with Crippen LogP contribution in [0.3, 0.4) is 0 Å². The second-order valence-corrected chi connectivity index (χ2v) is 4.38. The number of nitrogens with zero attached hydrogens (tertiary/aromatic N) is 2. The first kappa shape index (κ1) is 18.0. The van der Waals surface area contributed by atoms with E-state index in [0.717, 1.165) is 12.8 Å². The van der Waals surface area contributed by atoms with Crippen LogP contribution in [0.15, 0.2) is 11.1 Å². The number of hydrogen-bond acceptors (Lipinski definition) is 5. The summed E-state index contributed by atoms with van der Waals surface area (Å²) in [6.07, 6.45) is -0.503. The molecule has 5 nitrogen and oxygen atoms in total. The molecular formula is C15H20F2N2O3. The second kappa shape index (κ2) is 9.07. The molecule has 7 heteroatoms. The maximum Gasteiger partial charge on any atom is 0.356 e. The molecule has 0 aliphatic heterocycles. The number of aliphatic imine (C=N–C) groups is 1. The summed E-state index contributed by atoms with van der Waals surface area (Å²) in [5.74, 6) is -0.725. The van der Waals surface area contributed by atoms with Gasteiger partial charge < -0.3 is 9.47 Å². The van der Waals surface area contributed by atoms with E-state index in [9.17, 15) is 13.6 Å². The van der Waals surface area contributed by atoms with E-state index in [4.69, 9.17) is 9.47 Å². The molecular weight excluding hydrogens is 294 g/mol. The highest BCUT2D eigenvalue weighted by Crippen LogP contribution is 2.32. The van der Waals surface area contributed by atoms with Gasteiger partial charge in [-0.15, -0.1) is 0 Å². The van der Waals surface area contributed by atoms with Crippen LogP contribution >= 0.6 is 0 Å². The molecule has 1 heterocycles. The number of rotatable bonds is 8. The summed E-state index contributed by atoms with van der Waals surface area (Å²) >= 11 is 0. The zero-order valence-corrected chi connectivity index (χ0v) is 12.9. The lowest BCUT2D eigenvalue weighted by molar-refractivity contribution is 0.0518. The van der Waals surface area contributed by atoms with Crippen LogP contribution in [-0.2, 0) is 15.9 Å². The van der Waals surface area contributed by atoms with Crippen LogP contribution in [0.4, 0.5) is 14.5 Å². The molecule has 1 rings (SSSR count). The first-order valence-electron chi connectivity index (χ1n) is 7.18. The van der Waals surface area contributed by atoms with Gasteiger partial charge in [-0.2, -0.15) is 0 Å². The lowest BCUT2D eigenvalue weighted by atomic mass is 10.1. The van der Waals surface area contributed by atoms with Crippen LogP contribution in [0.25, 0.3) is 0 Å². The molecule has 1 aromatic rings. The fraction of sp³-hybridized carbons (Fsp3) is 0.533. The number of alkyl halides is 2. The van der Waals surface area contributed by atoms with E-state index in [2.05, 4.69) is 9.98 Å². The van der Waals surface area contributed by atoms with E-state index < -0.39 is 18.1 Å². The molecule has 22 heavy (non-hydrogen) atoms. The number of carbonyl (C=O) groups is 1. The summed E-state index contributed by atoms with van der Waals surface area (Å²) in [5, 5.41) is 0. The third-order valence-corrected chi connectivity index (χ3v) is 2.75. The molecule has 0 fully saturated rings. The monoisotopic (exact) mass is 314 g/mol. The number of hydrogen-bond donors (Lipinski definition) is 0.